The van der Waals surface area contributed by atoms with E-state index in [9.17, 15) is 4.79 Å². The number of nitrogens with zero attached hydrogens (tertiary/aromatic N) is 3. The first kappa shape index (κ1) is 18.9. The highest BCUT2D eigenvalue weighted by Gasteiger charge is 2.25. The third-order valence-electron chi connectivity index (χ3n) is 4.62. The van der Waals surface area contributed by atoms with Crippen molar-refractivity contribution in [1.29, 1.82) is 5.26 Å². The summed E-state index contributed by atoms with van der Waals surface area (Å²) in [5.41, 5.74) is 1.30. The Morgan fingerprint density at radius 3 is 2.50 bits per heavy atom. The molecule has 7 heteroatoms. The van der Waals surface area contributed by atoms with E-state index in [1.54, 1.807) is 35.6 Å². The quantitative estimate of drug-likeness (QED) is 0.852. The van der Waals surface area contributed by atoms with Gasteiger partial charge in [-0.2, -0.15) is 5.26 Å². The van der Waals surface area contributed by atoms with Crippen LogP contribution >= 0.6 is 22.9 Å². The second kappa shape index (κ2) is 8.65. The molecule has 3 rings (SSSR count). The van der Waals surface area contributed by atoms with Crippen LogP contribution < -0.4 is 5.32 Å². The highest BCUT2D eigenvalue weighted by atomic mass is 35.5. The van der Waals surface area contributed by atoms with E-state index in [2.05, 4.69) is 27.3 Å². The molecule has 0 unspecified atom stereocenters. The van der Waals surface area contributed by atoms with Crippen LogP contribution in [0.15, 0.2) is 36.4 Å². The molecular weight excluding hydrogens is 368 g/mol. The number of carbonyl (C=O) groups excluding carboxylic acids is 1. The zero-order valence-corrected chi connectivity index (χ0v) is 16.2. The average molecular weight is 389 g/mol. The van der Waals surface area contributed by atoms with Gasteiger partial charge in [-0.1, -0.05) is 11.6 Å². The number of nitriles is 1. The fourth-order valence-corrected chi connectivity index (χ4v) is 4.14. The molecule has 2 heterocycles. The molecule has 1 aromatic heterocycles. The molecule has 26 heavy (non-hydrogen) atoms. The number of nitrogens with one attached hydrogen (secondary N) is 1. The van der Waals surface area contributed by atoms with E-state index < -0.39 is 0 Å². The molecular formula is C19H21ClN4OS. The Hall–Kier alpha value is -1.91. The van der Waals surface area contributed by atoms with Crippen molar-refractivity contribution in [2.24, 2.45) is 0 Å². The monoisotopic (exact) mass is 388 g/mol. The maximum atomic E-state index is 12.5. The van der Waals surface area contributed by atoms with E-state index in [0.29, 0.717) is 11.3 Å². The number of rotatable bonds is 5. The summed E-state index contributed by atoms with van der Waals surface area (Å²) in [6.45, 7) is 6.45. The molecule has 1 fully saturated rings. The Labute approximate surface area is 162 Å². The van der Waals surface area contributed by atoms with Crippen molar-refractivity contribution in [3.63, 3.8) is 0 Å². The van der Waals surface area contributed by atoms with Gasteiger partial charge in [-0.3, -0.25) is 14.6 Å². The molecule has 1 aliphatic heterocycles. The van der Waals surface area contributed by atoms with Gasteiger partial charge >= 0.3 is 0 Å². The summed E-state index contributed by atoms with van der Waals surface area (Å²) in [6, 6.07) is 12.8. The van der Waals surface area contributed by atoms with Gasteiger partial charge in [-0.15, -0.1) is 11.3 Å². The summed E-state index contributed by atoms with van der Waals surface area (Å²) in [7, 11) is 0. The van der Waals surface area contributed by atoms with Crippen LogP contribution in [-0.4, -0.2) is 47.9 Å². The summed E-state index contributed by atoms with van der Waals surface area (Å²) in [5, 5.41) is 11.8. The summed E-state index contributed by atoms with van der Waals surface area (Å²) < 4.78 is 0.826. The molecule has 1 amide bonds. The molecule has 136 valence electrons. The van der Waals surface area contributed by atoms with Crippen molar-refractivity contribution >= 4 is 34.5 Å². The third-order valence-corrected chi connectivity index (χ3v) is 5.84. The van der Waals surface area contributed by atoms with Gasteiger partial charge in [-0.05, 0) is 43.3 Å². The molecule has 0 bridgehead atoms. The van der Waals surface area contributed by atoms with Gasteiger partial charge in [0.1, 0.15) is 0 Å². The van der Waals surface area contributed by atoms with Crippen LogP contribution in [-0.2, 0) is 11.3 Å². The molecule has 1 aliphatic rings. The number of thiophene rings is 1. The molecule has 1 aromatic carbocycles. The van der Waals surface area contributed by atoms with Crippen molar-refractivity contribution in [1.82, 2.24) is 9.80 Å². The van der Waals surface area contributed by atoms with E-state index in [4.69, 9.17) is 16.9 Å². The fourth-order valence-electron chi connectivity index (χ4n) is 3.01. The average Bonchev–Trinajstić information content (AvgIpc) is 3.07. The number of halogens is 1. The zero-order valence-electron chi connectivity index (χ0n) is 14.6. The van der Waals surface area contributed by atoms with Crippen molar-refractivity contribution in [3.8, 4) is 6.07 Å². The third kappa shape index (κ3) is 4.83. The SMILES string of the molecule is C[C@H](C(=O)Nc1ccc(C#N)cc1)N1CCN(Cc2ccc(Cl)s2)CC1. The second-order valence-corrected chi connectivity index (χ2v) is 8.17. The van der Waals surface area contributed by atoms with Crippen molar-refractivity contribution in [3.05, 3.63) is 51.2 Å². The highest BCUT2D eigenvalue weighted by Crippen LogP contribution is 2.23. The largest absolute Gasteiger partial charge is 0.325 e. The summed E-state index contributed by atoms with van der Waals surface area (Å²) in [5.74, 6) is -0.0202. The van der Waals surface area contributed by atoms with Gasteiger partial charge < -0.3 is 5.32 Å². The Bertz CT molecular complexity index is 791. The molecule has 0 spiro atoms. The lowest BCUT2D eigenvalue weighted by atomic mass is 10.2. The Balaban J connectivity index is 1.48. The first-order valence-electron chi connectivity index (χ1n) is 8.57. The van der Waals surface area contributed by atoms with E-state index in [0.717, 1.165) is 37.1 Å². The van der Waals surface area contributed by atoms with Gasteiger partial charge in [0.05, 0.1) is 22.0 Å². The zero-order chi connectivity index (χ0) is 18.5. The number of hydrogen-bond donors (Lipinski definition) is 1. The van der Waals surface area contributed by atoms with E-state index >= 15 is 0 Å². The van der Waals surface area contributed by atoms with E-state index in [1.165, 1.54) is 4.88 Å². The lowest BCUT2D eigenvalue weighted by Gasteiger charge is -2.37. The molecule has 1 N–H and O–H groups in total. The predicted octanol–water partition coefficient (Wildman–Crippen LogP) is 3.42. The molecule has 5 nitrogen and oxygen atoms in total. The number of benzene rings is 1. The minimum Gasteiger partial charge on any atom is -0.325 e. The first-order chi connectivity index (χ1) is 12.5. The summed E-state index contributed by atoms with van der Waals surface area (Å²) in [4.78, 5) is 18.4. The Kier molecular flexibility index (Phi) is 6.28. The van der Waals surface area contributed by atoms with Crippen LogP contribution in [0.3, 0.4) is 0 Å². The predicted molar refractivity (Wildman–Crippen MR) is 105 cm³/mol. The van der Waals surface area contributed by atoms with Gasteiger partial charge in [0.15, 0.2) is 0 Å². The molecule has 2 aromatic rings. The minimum atomic E-state index is -0.191. The Morgan fingerprint density at radius 1 is 1.23 bits per heavy atom. The minimum absolute atomic E-state index is 0.0202. The normalized spacial score (nSPS) is 16.8. The van der Waals surface area contributed by atoms with Crippen LogP contribution in [0.5, 0.6) is 0 Å². The highest BCUT2D eigenvalue weighted by molar-refractivity contribution is 7.16. The summed E-state index contributed by atoms with van der Waals surface area (Å²) >= 11 is 7.62. The number of anilines is 1. The van der Waals surface area contributed by atoms with E-state index in [1.807, 2.05) is 13.0 Å². The smallest absolute Gasteiger partial charge is 0.241 e. The molecule has 0 saturated carbocycles. The van der Waals surface area contributed by atoms with Crippen LogP contribution in [0.2, 0.25) is 4.34 Å². The molecule has 0 aliphatic carbocycles. The lowest BCUT2D eigenvalue weighted by molar-refractivity contribution is -0.121. The van der Waals surface area contributed by atoms with Crippen molar-refractivity contribution in [2.45, 2.75) is 19.5 Å². The fraction of sp³-hybridized carbons (Fsp3) is 0.368. The van der Waals surface area contributed by atoms with Crippen LogP contribution in [0.25, 0.3) is 0 Å². The molecule has 0 radical (unpaired) electrons. The van der Waals surface area contributed by atoms with Gasteiger partial charge in [0.2, 0.25) is 5.91 Å². The number of carbonyl (C=O) groups is 1. The van der Waals surface area contributed by atoms with Crippen molar-refractivity contribution < 1.29 is 4.79 Å². The van der Waals surface area contributed by atoms with Gasteiger partial charge in [0, 0.05) is 43.3 Å². The topological polar surface area (TPSA) is 59.4 Å². The van der Waals surface area contributed by atoms with Crippen LogP contribution in [0.4, 0.5) is 5.69 Å². The summed E-state index contributed by atoms with van der Waals surface area (Å²) in [6.07, 6.45) is 0. The number of amides is 1. The molecule has 1 atom stereocenters. The van der Waals surface area contributed by atoms with Crippen LogP contribution in [0.1, 0.15) is 17.4 Å². The second-order valence-electron chi connectivity index (χ2n) is 6.37. The maximum absolute atomic E-state index is 12.5. The lowest BCUT2D eigenvalue weighted by Crippen LogP contribution is -2.52. The number of piperazine rings is 1. The number of hydrogen-bond acceptors (Lipinski definition) is 5. The van der Waals surface area contributed by atoms with Gasteiger partial charge in [0.25, 0.3) is 0 Å². The first-order valence-corrected chi connectivity index (χ1v) is 9.76. The van der Waals surface area contributed by atoms with Crippen LogP contribution in [0, 0.1) is 11.3 Å². The Morgan fingerprint density at radius 2 is 1.92 bits per heavy atom. The molecule has 1 saturated heterocycles. The standard InChI is InChI=1S/C19H21ClN4OS/c1-14(19(25)22-16-4-2-15(12-21)3-5-16)24-10-8-23(9-11-24)13-17-6-7-18(20)26-17/h2-7,14H,8-11,13H2,1H3,(H,22,25)/t14-/m1/s1. The maximum Gasteiger partial charge on any atom is 0.241 e. The van der Waals surface area contributed by atoms with Crippen molar-refractivity contribution in [2.75, 3.05) is 31.5 Å². The van der Waals surface area contributed by atoms with Gasteiger partial charge in [-0.25, -0.2) is 0 Å². The van der Waals surface area contributed by atoms with E-state index in [-0.39, 0.29) is 11.9 Å².